The number of aliphatic imine (C=N–C) groups is 1. The third kappa shape index (κ3) is 2.66. The molecule has 0 amide bonds. The number of rotatable bonds is 2. The SMILES string of the molecule is CC1CC1CN=C1NC(C)(C)CCS1. The van der Waals surface area contributed by atoms with Gasteiger partial charge in [0.2, 0.25) is 0 Å². The smallest absolute Gasteiger partial charge is 0.156 e. The molecule has 0 radical (unpaired) electrons. The van der Waals surface area contributed by atoms with E-state index in [-0.39, 0.29) is 5.54 Å². The number of amidine groups is 1. The largest absolute Gasteiger partial charge is 0.360 e. The van der Waals surface area contributed by atoms with E-state index in [0.717, 1.165) is 18.4 Å². The van der Waals surface area contributed by atoms with Crippen LogP contribution in [-0.4, -0.2) is 23.0 Å². The molecule has 2 rings (SSSR count). The Hall–Kier alpha value is -0.180. The fourth-order valence-corrected chi connectivity index (χ4v) is 3.05. The lowest BCUT2D eigenvalue weighted by molar-refractivity contribution is 0.446. The van der Waals surface area contributed by atoms with Gasteiger partial charge in [-0.1, -0.05) is 18.7 Å². The van der Waals surface area contributed by atoms with E-state index in [1.165, 1.54) is 23.8 Å². The highest BCUT2D eigenvalue weighted by Gasteiger charge is 2.32. The molecule has 1 aliphatic carbocycles. The summed E-state index contributed by atoms with van der Waals surface area (Å²) < 4.78 is 0. The van der Waals surface area contributed by atoms with Crippen molar-refractivity contribution >= 4 is 16.9 Å². The Labute approximate surface area is 90.9 Å². The van der Waals surface area contributed by atoms with Crippen LogP contribution in [0.25, 0.3) is 0 Å². The molecule has 1 saturated heterocycles. The summed E-state index contributed by atoms with van der Waals surface area (Å²) in [6.07, 6.45) is 2.61. The van der Waals surface area contributed by atoms with Gasteiger partial charge in [0.05, 0.1) is 0 Å². The van der Waals surface area contributed by atoms with E-state index in [0.29, 0.717) is 0 Å². The third-order valence-corrected chi connectivity index (χ3v) is 4.07. The van der Waals surface area contributed by atoms with Crippen LogP contribution >= 0.6 is 11.8 Å². The Bertz CT molecular complexity index is 248. The zero-order valence-corrected chi connectivity index (χ0v) is 10.2. The summed E-state index contributed by atoms with van der Waals surface area (Å²) in [5, 5.41) is 4.67. The maximum Gasteiger partial charge on any atom is 0.156 e. The first-order chi connectivity index (χ1) is 6.57. The van der Waals surface area contributed by atoms with Gasteiger partial charge >= 0.3 is 0 Å². The van der Waals surface area contributed by atoms with Crippen LogP contribution in [0.5, 0.6) is 0 Å². The van der Waals surface area contributed by atoms with Gasteiger partial charge in [0.25, 0.3) is 0 Å². The van der Waals surface area contributed by atoms with Crippen LogP contribution in [0.2, 0.25) is 0 Å². The van der Waals surface area contributed by atoms with Crippen LogP contribution in [0.3, 0.4) is 0 Å². The Kier molecular flexibility index (Phi) is 2.78. The third-order valence-electron chi connectivity index (χ3n) is 3.16. The van der Waals surface area contributed by atoms with E-state index in [1.54, 1.807) is 0 Å². The highest BCUT2D eigenvalue weighted by Crippen LogP contribution is 2.38. The first kappa shape index (κ1) is 10.3. The second-order valence-electron chi connectivity index (χ2n) is 5.23. The van der Waals surface area contributed by atoms with Crippen molar-refractivity contribution in [1.82, 2.24) is 5.32 Å². The molecule has 0 bridgehead atoms. The van der Waals surface area contributed by atoms with Crippen LogP contribution in [0.4, 0.5) is 0 Å². The molecular weight excluding hydrogens is 192 g/mol. The molecule has 1 saturated carbocycles. The van der Waals surface area contributed by atoms with Crippen LogP contribution in [0, 0.1) is 11.8 Å². The second-order valence-corrected chi connectivity index (χ2v) is 6.31. The van der Waals surface area contributed by atoms with Crippen molar-refractivity contribution in [3.8, 4) is 0 Å². The Morgan fingerprint density at radius 2 is 2.29 bits per heavy atom. The number of nitrogens with zero attached hydrogens (tertiary/aromatic N) is 1. The topological polar surface area (TPSA) is 24.4 Å². The molecule has 0 aromatic rings. The summed E-state index contributed by atoms with van der Waals surface area (Å²) in [6.45, 7) is 7.85. The quantitative estimate of drug-likeness (QED) is 0.760. The van der Waals surface area contributed by atoms with Crippen molar-refractivity contribution in [2.24, 2.45) is 16.8 Å². The molecule has 2 atom stereocenters. The first-order valence-corrected chi connectivity index (χ1v) is 6.51. The van der Waals surface area contributed by atoms with Crippen molar-refractivity contribution in [2.75, 3.05) is 12.3 Å². The van der Waals surface area contributed by atoms with E-state index in [9.17, 15) is 0 Å². The van der Waals surface area contributed by atoms with Gasteiger partial charge in [-0.2, -0.15) is 0 Å². The molecule has 3 heteroatoms. The lowest BCUT2D eigenvalue weighted by Crippen LogP contribution is -2.46. The fourth-order valence-electron chi connectivity index (χ4n) is 1.73. The maximum absolute atomic E-state index is 4.66. The minimum atomic E-state index is 0.249. The average Bonchev–Trinajstić information content (AvgIpc) is 2.77. The Morgan fingerprint density at radius 3 is 2.86 bits per heavy atom. The van der Waals surface area contributed by atoms with Crippen LogP contribution in [0.1, 0.15) is 33.6 Å². The molecule has 80 valence electrons. The van der Waals surface area contributed by atoms with Crippen LogP contribution in [0.15, 0.2) is 4.99 Å². The van der Waals surface area contributed by atoms with Crippen molar-refractivity contribution in [2.45, 2.75) is 39.2 Å². The number of thioether (sulfide) groups is 1. The summed E-state index contributed by atoms with van der Waals surface area (Å²) in [6, 6.07) is 0. The summed E-state index contributed by atoms with van der Waals surface area (Å²) in [4.78, 5) is 4.66. The molecule has 0 aromatic carbocycles. The van der Waals surface area contributed by atoms with Gasteiger partial charge in [0, 0.05) is 17.8 Å². The Morgan fingerprint density at radius 1 is 1.57 bits per heavy atom. The molecule has 2 unspecified atom stereocenters. The van der Waals surface area contributed by atoms with Crippen LogP contribution < -0.4 is 5.32 Å². The first-order valence-electron chi connectivity index (χ1n) is 5.52. The predicted molar refractivity (Wildman–Crippen MR) is 63.9 cm³/mol. The highest BCUT2D eigenvalue weighted by atomic mass is 32.2. The molecule has 2 nitrogen and oxygen atoms in total. The number of hydrogen-bond acceptors (Lipinski definition) is 2. The fraction of sp³-hybridized carbons (Fsp3) is 0.909. The molecule has 2 fully saturated rings. The average molecular weight is 212 g/mol. The van der Waals surface area contributed by atoms with Crippen molar-refractivity contribution in [3.63, 3.8) is 0 Å². The van der Waals surface area contributed by atoms with Gasteiger partial charge < -0.3 is 5.32 Å². The minimum Gasteiger partial charge on any atom is -0.360 e. The second kappa shape index (κ2) is 3.76. The molecular formula is C11H20N2S. The minimum absolute atomic E-state index is 0.249. The normalized spacial score (nSPS) is 38.1. The summed E-state index contributed by atoms with van der Waals surface area (Å²) in [7, 11) is 0. The lowest BCUT2D eigenvalue weighted by atomic mass is 10.0. The molecule has 2 aliphatic rings. The maximum atomic E-state index is 4.66. The van der Waals surface area contributed by atoms with E-state index in [2.05, 4.69) is 31.1 Å². The van der Waals surface area contributed by atoms with Gasteiger partial charge in [0.1, 0.15) is 0 Å². The van der Waals surface area contributed by atoms with Crippen molar-refractivity contribution < 1.29 is 0 Å². The summed E-state index contributed by atoms with van der Waals surface area (Å²) >= 11 is 1.88. The van der Waals surface area contributed by atoms with Gasteiger partial charge in [-0.15, -0.1) is 0 Å². The molecule has 0 spiro atoms. The van der Waals surface area contributed by atoms with E-state index >= 15 is 0 Å². The Balaban J connectivity index is 1.84. The van der Waals surface area contributed by atoms with Gasteiger partial charge in [-0.3, -0.25) is 4.99 Å². The van der Waals surface area contributed by atoms with Gasteiger partial charge in [-0.05, 0) is 38.5 Å². The monoisotopic (exact) mass is 212 g/mol. The molecule has 1 N–H and O–H groups in total. The van der Waals surface area contributed by atoms with Crippen LogP contribution in [-0.2, 0) is 0 Å². The lowest BCUT2D eigenvalue weighted by Gasteiger charge is -2.32. The standard InChI is InChI=1S/C11H20N2S/c1-8-6-9(8)7-12-10-13-11(2,3)4-5-14-10/h8-9H,4-7H2,1-3H3,(H,12,13). The summed E-state index contributed by atoms with van der Waals surface area (Å²) in [5.74, 6) is 3.00. The van der Waals surface area contributed by atoms with Crippen molar-refractivity contribution in [3.05, 3.63) is 0 Å². The molecule has 14 heavy (non-hydrogen) atoms. The molecule has 0 aromatic heterocycles. The number of nitrogens with one attached hydrogen (secondary N) is 1. The predicted octanol–water partition coefficient (Wildman–Crippen LogP) is 2.50. The zero-order chi connectivity index (χ0) is 10.2. The summed E-state index contributed by atoms with van der Waals surface area (Å²) in [5.41, 5.74) is 0.249. The van der Waals surface area contributed by atoms with Crippen molar-refractivity contribution in [1.29, 1.82) is 0 Å². The van der Waals surface area contributed by atoms with Gasteiger partial charge in [-0.25, -0.2) is 0 Å². The molecule has 1 aliphatic heterocycles. The molecule has 1 heterocycles. The van der Waals surface area contributed by atoms with E-state index < -0.39 is 0 Å². The van der Waals surface area contributed by atoms with Gasteiger partial charge in [0.15, 0.2) is 5.17 Å². The number of hydrogen-bond donors (Lipinski definition) is 1. The zero-order valence-electron chi connectivity index (χ0n) is 9.34. The van der Waals surface area contributed by atoms with E-state index in [4.69, 9.17) is 0 Å². The van der Waals surface area contributed by atoms with E-state index in [1.807, 2.05) is 11.8 Å². The highest BCUT2D eigenvalue weighted by molar-refractivity contribution is 8.13.